The van der Waals surface area contributed by atoms with E-state index in [0.29, 0.717) is 54.5 Å². The maximum atomic E-state index is 14.1. The Morgan fingerprint density at radius 1 is 1.03 bits per heavy atom. The van der Waals surface area contributed by atoms with Crippen LogP contribution in [0.15, 0.2) is 64.8 Å². The maximum Gasteiger partial charge on any atom is 0.263 e. The van der Waals surface area contributed by atoms with Crippen molar-refractivity contribution in [1.82, 2.24) is 14.5 Å². The van der Waals surface area contributed by atoms with Crippen molar-refractivity contribution < 1.29 is 4.39 Å². The molecular weight excluding hydrogens is 437 g/mol. The highest BCUT2D eigenvalue weighted by atomic mass is 32.1. The number of thiophene rings is 1. The number of hydrogen-bond acceptors (Lipinski definition) is 6. The summed E-state index contributed by atoms with van der Waals surface area (Å²) in [7, 11) is 0. The van der Waals surface area contributed by atoms with Crippen LogP contribution in [0.25, 0.3) is 21.3 Å². The predicted octanol–water partition coefficient (Wildman–Crippen LogP) is 4.11. The van der Waals surface area contributed by atoms with Gasteiger partial charge >= 0.3 is 0 Å². The van der Waals surface area contributed by atoms with E-state index in [2.05, 4.69) is 11.0 Å². The number of halogens is 1. The summed E-state index contributed by atoms with van der Waals surface area (Å²) in [6.07, 6.45) is 0. The fourth-order valence-corrected chi connectivity index (χ4v) is 5.26. The van der Waals surface area contributed by atoms with E-state index in [1.165, 1.54) is 22.0 Å². The zero-order valence-corrected chi connectivity index (χ0v) is 18.8. The second kappa shape index (κ2) is 9.14. The van der Waals surface area contributed by atoms with Crippen molar-refractivity contribution >= 4 is 27.2 Å². The molecule has 1 fully saturated rings. The number of piperazine rings is 1. The number of para-hydroxylation sites is 1. The summed E-state index contributed by atoms with van der Waals surface area (Å²) in [4.78, 5) is 23.1. The molecule has 2 aromatic heterocycles. The summed E-state index contributed by atoms with van der Waals surface area (Å²) >= 11 is 1.45. The third kappa shape index (κ3) is 4.13. The molecule has 0 amide bonds. The largest absolute Gasteiger partial charge is 0.367 e. The average molecular weight is 460 g/mol. The van der Waals surface area contributed by atoms with Crippen LogP contribution in [-0.4, -0.2) is 40.6 Å². The van der Waals surface area contributed by atoms with Crippen LogP contribution in [0, 0.1) is 17.1 Å². The maximum absolute atomic E-state index is 14.1. The minimum Gasteiger partial charge on any atom is -0.367 e. The molecular formula is C25H22FN5OS. The summed E-state index contributed by atoms with van der Waals surface area (Å²) in [6, 6.07) is 18.7. The molecule has 0 unspecified atom stereocenters. The SMILES string of the molecule is N#CCn1c(CN2CCN(c3ccccc3F)CC2)nc2scc(-c3ccccc3)c2c1=O. The molecule has 1 aliphatic heterocycles. The van der Waals surface area contributed by atoms with E-state index in [1.807, 2.05) is 46.7 Å². The molecule has 0 bridgehead atoms. The van der Waals surface area contributed by atoms with Crippen LogP contribution in [-0.2, 0) is 13.1 Å². The van der Waals surface area contributed by atoms with Crippen LogP contribution in [0.4, 0.5) is 10.1 Å². The summed E-state index contributed by atoms with van der Waals surface area (Å²) in [5, 5.41) is 11.9. The van der Waals surface area contributed by atoms with Gasteiger partial charge in [-0.05, 0) is 17.7 Å². The van der Waals surface area contributed by atoms with E-state index in [4.69, 9.17) is 4.98 Å². The zero-order chi connectivity index (χ0) is 22.8. The summed E-state index contributed by atoms with van der Waals surface area (Å²) in [5.74, 6) is 0.377. The molecule has 6 nitrogen and oxygen atoms in total. The smallest absolute Gasteiger partial charge is 0.263 e. The highest BCUT2D eigenvalue weighted by Crippen LogP contribution is 2.31. The fraction of sp³-hybridized carbons (Fsp3) is 0.240. The van der Waals surface area contributed by atoms with Crippen molar-refractivity contribution in [2.24, 2.45) is 0 Å². The van der Waals surface area contributed by atoms with E-state index in [9.17, 15) is 14.4 Å². The normalized spacial score (nSPS) is 14.5. The predicted molar refractivity (Wildman–Crippen MR) is 129 cm³/mol. The lowest BCUT2D eigenvalue weighted by Crippen LogP contribution is -2.47. The molecule has 5 rings (SSSR count). The molecule has 166 valence electrons. The van der Waals surface area contributed by atoms with Gasteiger partial charge in [0, 0.05) is 37.1 Å². The average Bonchev–Trinajstić information content (AvgIpc) is 3.27. The number of fused-ring (bicyclic) bond motifs is 1. The third-order valence-corrected chi connectivity index (χ3v) is 6.89. The minimum atomic E-state index is -0.215. The minimum absolute atomic E-state index is 0.0453. The number of anilines is 1. The van der Waals surface area contributed by atoms with Gasteiger partial charge in [-0.25, -0.2) is 9.37 Å². The van der Waals surface area contributed by atoms with Gasteiger partial charge in [0.15, 0.2) is 0 Å². The van der Waals surface area contributed by atoms with Crippen LogP contribution in [0.5, 0.6) is 0 Å². The van der Waals surface area contributed by atoms with Gasteiger partial charge in [-0.15, -0.1) is 11.3 Å². The first-order chi connectivity index (χ1) is 16.2. The van der Waals surface area contributed by atoms with Gasteiger partial charge in [0.05, 0.1) is 23.7 Å². The molecule has 33 heavy (non-hydrogen) atoms. The lowest BCUT2D eigenvalue weighted by molar-refractivity contribution is 0.239. The van der Waals surface area contributed by atoms with Crippen molar-refractivity contribution in [1.29, 1.82) is 5.26 Å². The van der Waals surface area contributed by atoms with Gasteiger partial charge in [-0.2, -0.15) is 5.26 Å². The van der Waals surface area contributed by atoms with Gasteiger partial charge < -0.3 is 4.90 Å². The van der Waals surface area contributed by atoms with Crippen molar-refractivity contribution in [3.63, 3.8) is 0 Å². The van der Waals surface area contributed by atoms with Crippen molar-refractivity contribution in [3.05, 3.63) is 82.0 Å². The second-order valence-corrected chi connectivity index (χ2v) is 8.85. The van der Waals surface area contributed by atoms with Crippen LogP contribution in [0.1, 0.15) is 5.82 Å². The molecule has 2 aromatic carbocycles. The standard InChI is InChI=1S/C25H22FN5OS/c26-20-8-4-5-9-21(20)30-14-12-29(13-15-30)16-22-28-24-23(25(32)31(22)11-10-27)19(17-33-24)18-6-2-1-3-7-18/h1-9,17H,11-16H2. The molecule has 3 heterocycles. The molecule has 0 aliphatic carbocycles. The van der Waals surface area contributed by atoms with Crippen LogP contribution in [0.3, 0.4) is 0 Å². The highest BCUT2D eigenvalue weighted by molar-refractivity contribution is 7.17. The first kappa shape index (κ1) is 21.3. The molecule has 0 spiro atoms. The van der Waals surface area contributed by atoms with Crippen LogP contribution >= 0.6 is 11.3 Å². The molecule has 4 aromatic rings. The summed E-state index contributed by atoms with van der Waals surface area (Å²) in [5.41, 5.74) is 2.25. The number of nitrogens with zero attached hydrogens (tertiary/aromatic N) is 5. The van der Waals surface area contributed by atoms with Gasteiger partial charge in [0.2, 0.25) is 0 Å². The Kier molecular flexibility index (Phi) is 5.90. The van der Waals surface area contributed by atoms with Crippen LogP contribution in [0.2, 0.25) is 0 Å². The monoisotopic (exact) mass is 459 g/mol. The molecule has 1 aliphatic rings. The van der Waals surface area contributed by atoms with Gasteiger partial charge in [-0.1, -0.05) is 42.5 Å². The van der Waals surface area contributed by atoms with E-state index in [0.717, 1.165) is 11.1 Å². The molecule has 0 N–H and O–H groups in total. The number of hydrogen-bond donors (Lipinski definition) is 0. The Bertz CT molecular complexity index is 1380. The molecule has 0 saturated carbocycles. The first-order valence-corrected chi connectivity index (χ1v) is 11.7. The first-order valence-electron chi connectivity index (χ1n) is 10.8. The Labute approximate surface area is 194 Å². The topological polar surface area (TPSA) is 65.2 Å². The van der Waals surface area contributed by atoms with E-state index in [-0.39, 0.29) is 17.9 Å². The molecule has 8 heteroatoms. The second-order valence-electron chi connectivity index (χ2n) is 7.99. The third-order valence-electron chi connectivity index (χ3n) is 6.02. The molecule has 0 atom stereocenters. The van der Waals surface area contributed by atoms with E-state index >= 15 is 0 Å². The Hall–Kier alpha value is -3.54. The Morgan fingerprint density at radius 2 is 1.76 bits per heavy atom. The number of rotatable bonds is 5. The van der Waals surface area contributed by atoms with E-state index < -0.39 is 0 Å². The van der Waals surface area contributed by atoms with Gasteiger partial charge in [0.25, 0.3) is 5.56 Å². The number of benzene rings is 2. The Balaban J connectivity index is 1.42. The van der Waals surface area contributed by atoms with Crippen molar-refractivity contribution in [3.8, 4) is 17.2 Å². The number of aromatic nitrogens is 2. The summed E-state index contributed by atoms with van der Waals surface area (Å²) in [6.45, 7) is 3.22. The summed E-state index contributed by atoms with van der Waals surface area (Å²) < 4.78 is 15.6. The fourth-order valence-electron chi connectivity index (χ4n) is 4.31. The van der Waals surface area contributed by atoms with Crippen molar-refractivity contribution in [2.45, 2.75) is 13.1 Å². The van der Waals surface area contributed by atoms with E-state index in [1.54, 1.807) is 12.1 Å². The lowest BCUT2D eigenvalue weighted by Gasteiger charge is -2.36. The Morgan fingerprint density at radius 3 is 2.48 bits per heavy atom. The van der Waals surface area contributed by atoms with Gasteiger partial charge in [0.1, 0.15) is 23.0 Å². The van der Waals surface area contributed by atoms with Gasteiger partial charge in [-0.3, -0.25) is 14.3 Å². The van der Waals surface area contributed by atoms with Crippen LogP contribution < -0.4 is 10.5 Å². The lowest BCUT2D eigenvalue weighted by atomic mass is 10.1. The number of nitriles is 1. The quantitative estimate of drug-likeness (QED) is 0.449. The highest BCUT2D eigenvalue weighted by Gasteiger charge is 2.22. The van der Waals surface area contributed by atoms with Crippen molar-refractivity contribution in [2.75, 3.05) is 31.1 Å². The molecule has 0 radical (unpaired) electrons. The molecule has 1 saturated heterocycles. The zero-order valence-electron chi connectivity index (χ0n) is 17.9.